The lowest BCUT2D eigenvalue weighted by molar-refractivity contribution is 0.0383. The molecule has 4 rings (SSSR count). The summed E-state index contributed by atoms with van der Waals surface area (Å²) in [7, 11) is 0. The van der Waals surface area contributed by atoms with Gasteiger partial charge in [0.1, 0.15) is 0 Å². The molecule has 0 spiro atoms. The minimum absolute atomic E-state index is 0.113. The van der Waals surface area contributed by atoms with Crippen molar-refractivity contribution < 1.29 is 5.11 Å². The van der Waals surface area contributed by atoms with Crippen molar-refractivity contribution in [3.63, 3.8) is 0 Å². The molecular formula is C27H42O. The highest BCUT2D eigenvalue weighted by atomic mass is 16.3. The average molecular weight is 383 g/mol. The molecule has 0 aromatic rings. The number of allylic oxidation sites excluding steroid dienone is 5. The minimum Gasteiger partial charge on any atom is -0.393 e. The van der Waals surface area contributed by atoms with E-state index >= 15 is 0 Å². The molecule has 0 saturated heterocycles. The van der Waals surface area contributed by atoms with Crippen LogP contribution in [0.5, 0.6) is 0 Å². The van der Waals surface area contributed by atoms with E-state index in [1.165, 1.54) is 44.1 Å². The topological polar surface area (TPSA) is 20.2 Å². The van der Waals surface area contributed by atoms with Gasteiger partial charge in [-0.15, -0.1) is 0 Å². The molecule has 0 aromatic carbocycles. The summed E-state index contributed by atoms with van der Waals surface area (Å²) in [4.78, 5) is 0. The van der Waals surface area contributed by atoms with Gasteiger partial charge in [-0.2, -0.15) is 0 Å². The second-order valence-electron chi connectivity index (χ2n) is 11.4. The zero-order chi connectivity index (χ0) is 20.1. The van der Waals surface area contributed by atoms with Crippen LogP contribution >= 0.6 is 0 Å². The van der Waals surface area contributed by atoms with Crippen LogP contribution in [0, 0.1) is 40.4 Å². The van der Waals surface area contributed by atoms with Crippen molar-refractivity contribution in [1.29, 1.82) is 0 Å². The number of fused-ring (bicyclic) bond motifs is 5. The summed E-state index contributed by atoms with van der Waals surface area (Å²) in [6.07, 6.45) is 19.6. The van der Waals surface area contributed by atoms with Gasteiger partial charge >= 0.3 is 0 Å². The average Bonchev–Trinajstić information content (AvgIpc) is 2.99. The third-order valence-electron chi connectivity index (χ3n) is 9.30. The molecule has 0 bridgehead atoms. The molecule has 1 nitrogen and oxygen atoms in total. The standard InChI is InChI=1S/C27H42O/c1-18(2)7-6-8-19(3)23-11-12-24-22-10-9-20-17-21(28)13-15-26(20,4)25(22)14-16-27(23,24)5/h6,8-10,18-19,21,23-25,28H,7,11-17H2,1-5H3. The fourth-order valence-corrected chi connectivity index (χ4v) is 7.59. The molecule has 156 valence electrons. The van der Waals surface area contributed by atoms with Crippen LogP contribution in [-0.2, 0) is 0 Å². The van der Waals surface area contributed by atoms with Gasteiger partial charge in [0.05, 0.1) is 6.10 Å². The Morgan fingerprint density at radius 1 is 1.04 bits per heavy atom. The molecule has 4 aliphatic carbocycles. The Hall–Kier alpha value is -0.820. The smallest absolute Gasteiger partial charge is 0.0578 e. The highest BCUT2D eigenvalue weighted by Crippen LogP contribution is 2.65. The summed E-state index contributed by atoms with van der Waals surface area (Å²) in [5.74, 6) is 3.78. The van der Waals surface area contributed by atoms with Crippen LogP contribution in [0.1, 0.15) is 86.0 Å². The molecule has 3 fully saturated rings. The third kappa shape index (κ3) is 3.26. The summed E-state index contributed by atoms with van der Waals surface area (Å²) in [5.41, 5.74) is 4.09. The SMILES string of the molecule is CC(C)CC=CC(C)C1CCC2C3=CC=C4CC(O)CCC4(C)C3CCC21C. The Balaban J connectivity index is 1.57. The fourth-order valence-electron chi connectivity index (χ4n) is 7.59. The predicted molar refractivity (Wildman–Crippen MR) is 119 cm³/mol. The van der Waals surface area contributed by atoms with Gasteiger partial charge in [0, 0.05) is 0 Å². The molecule has 7 unspecified atom stereocenters. The van der Waals surface area contributed by atoms with Crippen molar-refractivity contribution in [2.75, 3.05) is 0 Å². The predicted octanol–water partition coefficient (Wildman–Crippen LogP) is 7.08. The quantitative estimate of drug-likeness (QED) is 0.515. The van der Waals surface area contributed by atoms with Crippen LogP contribution in [0.25, 0.3) is 0 Å². The molecule has 0 radical (unpaired) electrons. The second kappa shape index (κ2) is 7.46. The van der Waals surface area contributed by atoms with Gasteiger partial charge in [-0.25, -0.2) is 0 Å². The molecule has 0 heterocycles. The van der Waals surface area contributed by atoms with E-state index in [9.17, 15) is 5.11 Å². The van der Waals surface area contributed by atoms with Crippen molar-refractivity contribution in [2.24, 2.45) is 40.4 Å². The van der Waals surface area contributed by atoms with E-state index in [1.807, 2.05) is 0 Å². The highest BCUT2D eigenvalue weighted by Gasteiger charge is 2.56. The van der Waals surface area contributed by atoms with E-state index in [0.717, 1.165) is 36.5 Å². The molecule has 0 aromatic heterocycles. The Bertz CT molecular complexity index is 682. The highest BCUT2D eigenvalue weighted by molar-refractivity contribution is 5.39. The van der Waals surface area contributed by atoms with Gasteiger partial charge in [-0.1, -0.05) is 70.1 Å². The molecule has 0 amide bonds. The first-order valence-corrected chi connectivity index (χ1v) is 12.0. The molecule has 1 N–H and O–H groups in total. The van der Waals surface area contributed by atoms with Gasteiger partial charge < -0.3 is 5.11 Å². The van der Waals surface area contributed by atoms with Crippen molar-refractivity contribution in [2.45, 2.75) is 92.1 Å². The summed E-state index contributed by atoms with van der Waals surface area (Å²) in [6, 6.07) is 0. The molecule has 4 aliphatic rings. The lowest BCUT2D eigenvalue weighted by atomic mass is 9.50. The first kappa shape index (κ1) is 20.5. The van der Waals surface area contributed by atoms with E-state index in [-0.39, 0.29) is 6.10 Å². The monoisotopic (exact) mass is 382 g/mol. The number of rotatable bonds is 4. The van der Waals surface area contributed by atoms with Gasteiger partial charge in [0.25, 0.3) is 0 Å². The zero-order valence-corrected chi connectivity index (χ0v) is 18.9. The maximum absolute atomic E-state index is 10.2. The zero-order valence-electron chi connectivity index (χ0n) is 18.9. The number of hydrogen-bond donors (Lipinski definition) is 1. The minimum atomic E-state index is -0.113. The number of aliphatic hydroxyl groups excluding tert-OH is 1. The fraction of sp³-hybridized carbons (Fsp3) is 0.778. The summed E-state index contributed by atoms with van der Waals surface area (Å²) < 4.78 is 0. The van der Waals surface area contributed by atoms with Crippen LogP contribution in [0.4, 0.5) is 0 Å². The van der Waals surface area contributed by atoms with Crippen molar-refractivity contribution >= 4 is 0 Å². The van der Waals surface area contributed by atoms with E-state index in [1.54, 1.807) is 5.57 Å². The Kier molecular flexibility index (Phi) is 5.45. The van der Waals surface area contributed by atoms with E-state index in [0.29, 0.717) is 16.7 Å². The lowest BCUT2D eigenvalue weighted by Crippen LogP contribution is -2.46. The molecular weight excluding hydrogens is 340 g/mol. The maximum atomic E-state index is 10.2. The first-order chi connectivity index (χ1) is 13.3. The third-order valence-corrected chi connectivity index (χ3v) is 9.30. The van der Waals surface area contributed by atoms with Gasteiger partial charge in [-0.3, -0.25) is 0 Å². The number of aliphatic hydroxyl groups is 1. The van der Waals surface area contributed by atoms with Crippen molar-refractivity contribution in [3.8, 4) is 0 Å². The van der Waals surface area contributed by atoms with E-state index in [2.05, 4.69) is 58.9 Å². The van der Waals surface area contributed by atoms with Gasteiger partial charge in [0.2, 0.25) is 0 Å². The largest absolute Gasteiger partial charge is 0.393 e. The molecule has 3 saturated carbocycles. The Morgan fingerprint density at radius 3 is 2.57 bits per heavy atom. The summed E-state index contributed by atoms with van der Waals surface area (Å²) in [5, 5.41) is 10.2. The van der Waals surface area contributed by atoms with Gasteiger partial charge in [0.15, 0.2) is 0 Å². The van der Waals surface area contributed by atoms with Crippen LogP contribution in [-0.4, -0.2) is 11.2 Å². The van der Waals surface area contributed by atoms with Crippen molar-refractivity contribution in [3.05, 3.63) is 35.5 Å². The second-order valence-corrected chi connectivity index (χ2v) is 11.4. The van der Waals surface area contributed by atoms with Crippen LogP contribution in [0.15, 0.2) is 35.5 Å². The molecule has 28 heavy (non-hydrogen) atoms. The van der Waals surface area contributed by atoms with Crippen LogP contribution in [0.3, 0.4) is 0 Å². The Labute approximate surface area is 173 Å². The molecule has 7 atom stereocenters. The van der Waals surface area contributed by atoms with Gasteiger partial charge in [-0.05, 0) is 91.8 Å². The maximum Gasteiger partial charge on any atom is 0.0578 e. The molecule has 0 aliphatic heterocycles. The van der Waals surface area contributed by atoms with Crippen LogP contribution < -0.4 is 0 Å². The summed E-state index contributed by atoms with van der Waals surface area (Å²) in [6.45, 7) is 12.2. The first-order valence-electron chi connectivity index (χ1n) is 12.0. The lowest BCUT2D eigenvalue weighted by Gasteiger charge is -2.55. The normalized spacial score (nSPS) is 44.0. The van der Waals surface area contributed by atoms with Crippen LogP contribution in [0.2, 0.25) is 0 Å². The van der Waals surface area contributed by atoms with E-state index < -0.39 is 0 Å². The summed E-state index contributed by atoms with van der Waals surface area (Å²) >= 11 is 0. The molecule has 1 heteroatoms. The van der Waals surface area contributed by atoms with Crippen molar-refractivity contribution in [1.82, 2.24) is 0 Å². The number of hydrogen-bond acceptors (Lipinski definition) is 1. The van der Waals surface area contributed by atoms with E-state index in [4.69, 9.17) is 0 Å². The Morgan fingerprint density at radius 2 is 1.82 bits per heavy atom.